The maximum Gasteiger partial charge on any atom is 0.410 e. The average molecular weight is 266 g/mol. The van der Waals surface area contributed by atoms with Crippen LogP contribution >= 0.6 is 0 Å². The Hall–Kier alpha value is -0.660. The molecule has 3 N–H and O–H groups in total. The fourth-order valence-corrected chi connectivity index (χ4v) is 1.28. The zero-order valence-corrected chi connectivity index (χ0v) is 11.6. The van der Waals surface area contributed by atoms with Gasteiger partial charge >= 0.3 is 6.09 Å². The van der Waals surface area contributed by atoms with Gasteiger partial charge in [-0.05, 0) is 27.2 Å². The van der Waals surface area contributed by atoms with Gasteiger partial charge in [0, 0.05) is 25.4 Å². The lowest BCUT2D eigenvalue weighted by atomic mass is 10.2. The van der Waals surface area contributed by atoms with Crippen LogP contribution in [0.2, 0.25) is 0 Å². The molecule has 0 aliphatic carbocycles. The van der Waals surface area contributed by atoms with E-state index >= 15 is 0 Å². The topological polar surface area (TPSA) is 92.9 Å². The van der Waals surface area contributed by atoms with Crippen molar-refractivity contribution in [2.75, 3.05) is 19.3 Å². The van der Waals surface area contributed by atoms with Gasteiger partial charge in [-0.3, -0.25) is 0 Å². The van der Waals surface area contributed by atoms with Crippen LogP contribution in [-0.2, 0) is 15.8 Å². The van der Waals surface area contributed by atoms with Gasteiger partial charge in [0.05, 0.1) is 0 Å². The fraction of sp³-hybridized carbons (Fsp3) is 0.900. The number of hydrogen-bond acceptors (Lipinski definition) is 4. The number of ether oxygens (including phenoxy) is 1. The first kappa shape index (κ1) is 16.3. The number of hydrogen-bond donors (Lipinski definition) is 2. The van der Waals surface area contributed by atoms with Crippen LogP contribution in [0.25, 0.3) is 0 Å². The Labute approximate surface area is 105 Å². The maximum atomic E-state index is 11.5. The van der Waals surface area contributed by atoms with E-state index in [1.165, 1.54) is 6.26 Å². The SMILES string of the molecule is CC(C)(C)OC(=O)N1CCC(N)C1.CS(=O)O. The summed E-state index contributed by atoms with van der Waals surface area (Å²) in [6.45, 7) is 6.92. The molecule has 17 heavy (non-hydrogen) atoms. The average Bonchev–Trinajstić information content (AvgIpc) is 2.47. The molecule has 7 heteroatoms. The molecule has 0 radical (unpaired) electrons. The highest BCUT2D eigenvalue weighted by atomic mass is 32.2. The smallest absolute Gasteiger partial charge is 0.410 e. The molecule has 0 aromatic carbocycles. The molecular formula is C10H22N2O4S. The number of nitrogens with zero attached hydrogens (tertiary/aromatic N) is 1. The minimum Gasteiger partial charge on any atom is -0.444 e. The molecule has 0 aromatic rings. The summed E-state index contributed by atoms with van der Waals surface area (Å²) < 4.78 is 21.8. The summed E-state index contributed by atoms with van der Waals surface area (Å²) in [5.74, 6) is 0. The van der Waals surface area contributed by atoms with E-state index in [9.17, 15) is 4.79 Å². The molecule has 1 aliphatic heterocycles. The number of likely N-dealkylation sites (tertiary alicyclic amines) is 1. The Morgan fingerprint density at radius 2 is 2.00 bits per heavy atom. The number of nitrogens with two attached hydrogens (primary N) is 1. The first-order chi connectivity index (χ1) is 7.61. The fourth-order valence-electron chi connectivity index (χ4n) is 1.28. The third kappa shape index (κ3) is 9.08. The zero-order chi connectivity index (χ0) is 13.6. The Kier molecular flexibility index (Phi) is 6.66. The highest BCUT2D eigenvalue weighted by Gasteiger charge is 2.27. The summed E-state index contributed by atoms with van der Waals surface area (Å²) in [5.41, 5.74) is 5.26. The Balaban J connectivity index is 0.000000557. The van der Waals surface area contributed by atoms with Crippen LogP contribution in [0.3, 0.4) is 0 Å². The minimum absolute atomic E-state index is 0.118. The second-order valence-corrected chi connectivity index (χ2v) is 5.75. The second kappa shape index (κ2) is 6.93. The molecule has 0 aromatic heterocycles. The predicted molar refractivity (Wildman–Crippen MR) is 67.1 cm³/mol. The lowest BCUT2D eigenvalue weighted by molar-refractivity contribution is 0.0292. The Morgan fingerprint density at radius 3 is 2.29 bits per heavy atom. The molecule has 2 atom stereocenters. The van der Waals surface area contributed by atoms with Gasteiger partial charge in [-0.1, -0.05) is 0 Å². The first-order valence-electron chi connectivity index (χ1n) is 5.38. The van der Waals surface area contributed by atoms with E-state index in [2.05, 4.69) is 0 Å². The van der Waals surface area contributed by atoms with Crippen molar-refractivity contribution in [1.29, 1.82) is 0 Å². The molecule has 0 bridgehead atoms. The van der Waals surface area contributed by atoms with Crippen molar-refractivity contribution in [2.45, 2.75) is 38.8 Å². The quantitative estimate of drug-likeness (QED) is 0.632. The molecule has 0 saturated carbocycles. The van der Waals surface area contributed by atoms with E-state index in [1.807, 2.05) is 20.8 Å². The first-order valence-corrected chi connectivity index (χ1v) is 6.89. The highest BCUT2D eigenvalue weighted by molar-refractivity contribution is 7.78. The summed E-state index contributed by atoms with van der Waals surface area (Å²) in [5, 5.41) is 0. The molecule has 1 rings (SSSR count). The molecule has 0 spiro atoms. The van der Waals surface area contributed by atoms with Gasteiger partial charge in [0.1, 0.15) is 16.7 Å². The van der Waals surface area contributed by atoms with Crippen LogP contribution in [0.5, 0.6) is 0 Å². The van der Waals surface area contributed by atoms with Crippen molar-refractivity contribution < 1.29 is 18.3 Å². The van der Waals surface area contributed by atoms with Crippen LogP contribution in [0.4, 0.5) is 4.79 Å². The summed E-state index contributed by atoms with van der Waals surface area (Å²) >= 11 is -1.61. The number of carbonyl (C=O) groups is 1. The lowest BCUT2D eigenvalue weighted by Gasteiger charge is -2.24. The maximum absolute atomic E-state index is 11.5. The number of rotatable bonds is 0. The van der Waals surface area contributed by atoms with E-state index in [4.69, 9.17) is 19.2 Å². The summed E-state index contributed by atoms with van der Waals surface area (Å²) in [6.07, 6.45) is 1.82. The minimum atomic E-state index is -1.61. The summed E-state index contributed by atoms with van der Waals surface area (Å²) in [6, 6.07) is 0.118. The van der Waals surface area contributed by atoms with Crippen molar-refractivity contribution in [1.82, 2.24) is 4.90 Å². The number of carbonyl (C=O) groups excluding carboxylic acids is 1. The molecule has 1 saturated heterocycles. The molecule has 102 valence electrons. The van der Waals surface area contributed by atoms with Crippen LogP contribution < -0.4 is 5.73 Å². The molecule has 1 fully saturated rings. The molecular weight excluding hydrogens is 244 g/mol. The Morgan fingerprint density at radius 1 is 1.53 bits per heavy atom. The summed E-state index contributed by atoms with van der Waals surface area (Å²) in [4.78, 5) is 13.1. The van der Waals surface area contributed by atoms with Crippen molar-refractivity contribution in [2.24, 2.45) is 5.73 Å². The van der Waals surface area contributed by atoms with E-state index < -0.39 is 16.7 Å². The van der Waals surface area contributed by atoms with Crippen LogP contribution in [0.15, 0.2) is 0 Å². The number of amides is 1. The normalized spacial score (nSPS) is 21.5. The van der Waals surface area contributed by atoms with Crippen LogP contribution in [-0.4, -0.2) is 50.7 Å². The van der Waals surface area contributed by atoms with Crippen molar-refractivity contribution in [3.05, 3.63) is 0 Å². The van der Waals surface area contributed by atoms with E-state index in [0.717, 1.165) is 13.0 Å². The van der Waals surface area contributed by atoms with E-state index in [1.54, 1.807) is 4.90 Å². The molecule has 2 unspecified atom stereocenters. The van der Waals surface area contributed by atoms with Gasteiger partial charge in [-0.2, -0.15) is 0 Å². The van der Waals surface area contributed by atoms with Gasteiger partial charge in [0.2, 0.25) is 0 Å². The standard InChI is InChI=1S/C9H18N2O2.CH4O2S/c1-9(2,3)13-8(12)11-5-4-7(10)6-11;1-4(2)3/h7H,4-6,10H2,1-3H3;1H3,(H,2,3). The van der Waals surface area contributed by atoms with E-state index in [-0.39, 0.29) is 12.1 Å². The molecule has 1 aliphatic rings. The second-order valence-electron chi connectivity index (χ2n) is 4.90. The molecule has 6 nitrogen and oxygen atoms in total. The molecule has 1 amide bonds. The van der Waals surface area contributed by atoms with Gasteiger partial charge in [-0.25, -0.2) is 9.00 Å². The van der Waals surface area contributed by atoms with Gasteiger partial charge < -0.3 is 19.9 Å². The zero-order valence-electron chi connectivity index (χ0n) is 10.8. The van der Waals surface area contributed by atoms with Crippen molar-refractivity contribution >= 4 is 17.2 Å². The third-order valence-corrected chi connectivity index (χ3v) is 1.88. The summed E-state index contributed by atoms with van der Waals surface area (Å²) in [7, 11) is 0. The largest absolute Gasteiger partial charge is 0.444 e. The van der Waals surface area contributed by atoms with Crippen molar-refractivity contribution in [3.8, 4) is 0 Å². The lowest BCUT2D eigenvalue weighted by Crippen LogP contribution is -2.36. The monoisotopic (exact) mass is 266 g/mol. The van der Waals surface area contributed by atoms with Crippen LogP contribution in [0.1, 0.15) is 27.2 Å². The highest BCUT2D eigenvalue weighted by Crippen LogP contribution is 2.13. The van der Waals surface area contributed by atoms with Gasteiger partial charge in [0.15, 0.2) is 0 Å². The Bertz CT molecular complexity index is 274. The molecule has 1 heterocycles. The van der Waals surface area contributed by atoms with Gasteiger partial charge in [0.25, 0.3) is 0 Å². The van der Waals surface area contributed by atoms with Gasteiger partial charge in [-0.15, -0.1) is 0 Å². The van der Waals surface area contributed by atoms with Crippen LogP contribution in [0, 0.1) is 0 Å². The predicted octanol–water partition coefficient (Wildman–Crippen LogP) is 0.792. The van der Waals surface area contributed by atoms with E-state index in [0.29, 0.717) is 6.54 Å². The third-order valence-electron chi connectivity index (χ3n) is 1.88. The van der Waals surface area contributed by atoms with Crippen molar-refractivity contribution in [3.63, 3.8) is 0 Å².